The van der Waals surface area contributed by atoms with Crippen LogP contribution in [-0.4, -0.2) is 30.7 Å². The average Bonchev–Trinajstić information content (AvgIpc) is 2.58. The SMILES string of the molecule is NC(=O)CNC(=O)COc1ccc(C(=O)c2ccc(F)cc2)cc1. The molecule has 3 N–H and O–H groups in total. The average molecular weight is 330 g/mol. The van der Waals surface area contributed by atoms with Gasteiger partial charge in [0.1, 0.15) is 11.6 Å². The molecule has 0 unspecified atom stereocenters. The topological polar surface area (TPSA) is 98.5 Å². The quantitative estimate of drug-likeness (QED) is 0.741. The summed E-state index contributed by atoms with van der Waals surface area (Å²) in [5, 5.41) is 2.28. The van der Waals surface area contributed by atoms with Crippen molar-refractivity contribution in [1.29, 1.82) is 0 Å². The van der Waals surface area contributed by atoms with Crippen molar-refractivity contribution in [2.45, 2.75) is 0 Å². The number of hydrogen-bond acceptors (Lipinski definition) is 4. The summed E-state index contributed by atoms with van der Waals surface area (Å²) in [4.78, 5) is 34.1. The van der Waals surface area contributed by atoms with Gasteiger partial charge in [0.2, 0.25) is 5.91 Å². The number of carbonyl (C=O) groups excluding carboxylic acids is 3. The molecule has 0 aliphatic heterocycles. The minimum atomic E-state index is -0.646. The fourth-order valence-electron chi connectivity index (χ4n) is 1.86. The molecule has 2 aromatic carbocycles. The van der Waals surface area contributed by atoms with E-state index < -0.39 is 17.6 Å². The fourth-order valence-corrected chi connectivity index (χ4v) is 1.86. The van der Waals surface area contributed by atoms with Crippen molar-refractivity contribution in [3.8, 4) is 5.75 Å². The molecule has 0 radical (unpaired) electrons. The Hall–Kier alpha value is -3.22. The van der Waals surface area contributed by atoms with Gasteiger partial charge in [-0.2, -0.15) is 0 Å². The van der Waals surface area contributed by atoms with Gasteiger partial charge in [-0.25, -0.2) is 4.39 Å². The number of halogens is 1. The van der Waals surface area contributed by atoms with Gasteiger partial charge in [0.05, 0.1) is 6.54 Å². The van der Waals surface area contributed by atoms with Gasteiger partial charge in [-0.1, -0.05) is 0 Å². The Balaban J connectivity index is 1.93. The highest BCUT2D eigenvalue weighted by Gasteiger charge is 2.10. The number of hydrogen-bond donors (Lipinski definition) is 2. The van der Waals surface area contributed by atoms with Gasteiger partial charge in [0.15, 0.2) is 12.4 Å². The van der Waals surface area contributed by atoms with Crippen LogP contribution in [0.3, 0.4) is 0 Å². The lowest BCUT2D eigenvalue weighted by Crippen LogP contribution is -2.36. The van der Waals surface area contributed by atoms with Crippen LogP contribution in [0.15, 0.2) is 48.5 Å². The van der Waals surface area contributed by atoms with Crippen LogP contribution >= 0.6 is 0 Å². The number of primary amides is 1. The maximum atomic E-state index is 12.9. The molecule has 0 aliphatic rings. The minimum absolute atomic E-state index is 0.249. The predicted molar refractivity (Wildman–Crippen MR) is 84.0 cm³/mol. The van der Waals surface area contributed by atoms with Crippen molar-refractivity contribution in [1.82, 2.24) is 5.32 Å². The van der Waals surface area contributed by atoms with E-state index in [9.17, 15) is 18.8 Å². The van der Waals surface area contributed by atoms with Crippen LogP contribution in [0.1, 0.15) is 15.9 Å². The minimum Gasteiger partial charge on any atom is -0.484 e. The summed E-state index contributed by atoms with van der Waals surface area (Å²) < 4.78 is 18.1. The molecule has 0 saturated carbocycles. The van der Waals surface area contributed by atoms with Crippen LogP contribution in [0.5, 0.6) is 5.75 Å². The summed E-state index contributed by atoms with van der Waals surface area (Å²) >= 11 is 0. The fraction of sp³-hybridized carbons (Fsp3) is 0.118. The number of nitrogens with one attached hydrogen (secondary N) is 1. The summed E-state index contributed by atoms with van der Waals surface area (Å²) in [5.74, 6) is -1.40. The molecule has 0 saturated heterocycles. The lowest BCUT2D eigenvalue weighted by atomic mass is 10.0. The number of nitrogens with two attached hydrogens (primary N) is 1. The van der Waals surface area contributed by atoms with Crippen molar-refractivity contribution in [3.05, 3.63) is 65.5 Å². The van der Waals surface area contributed by atoms with E-state index in [1.807, 2.05) is 0 Å². The first kappa shape index (κ1) is 17.1. The Morgan fingerprint density at radius 1 is 0.958 bits per heavy atom. The zero-order chi connectivity index (χ0) is 17.5. The zero-order valence-electron chi connectivity index (χ0n) is 12.6. The lowest BCUT2D eigenvalue weighted by molar-refractivity contribution is -0.126. The lowest BCUT2D eigenvalue weighted by Gasteiger charge is -2.07. The molecule has 0 spiro atoms. The maximum Gasteiger partial charge on any atom is 0.258 e. The molecule has 0 aliphatic carbocycles. The molecule has 0 aromatic heterocycles. The highest BCUT2D eigenvalue weighted by molar-refractivity contribution is 6.09. The van der Waals surface area contributed by atoms with Crippen molar-refractivity contribution in [3.63, 3.8) is 0 Å². The number of ether oxygens (including phenoxy) is 1. The second kappa shape index (κ2) is 7.87. The van der Waals surface area contributed by atoms with Gasteiger partial charge in [-0.15, -0.1) is 0 Å². The van der Waals surface area contributed by atoms with Crippen LogP contribution in [0.25, 0.3) is 0 Å². The van der Waals surface area contributed by atoms with Crippen molar-refractivity contribution in [2.75, 3.05) is 13.2 Å². The highest BCUT2D eigenvalue weighted by atomic mass is 19.1. The van der Waals surface area contributed by atoms with E-state index in [2.05, 4.69) is 5.32 Å². The van der Waals surface area contributed by atoms with Gasteiger partial charge in [0, 0.05) is 11.1 Å². The molecule has 24 heavy (non-hydrogen) atoms. The Labute approximate surface area is 137 Å². The molecular formula is C17H15FN2O4. The zero-order valence-corrected chi connectivity index (χ0v) is 12.6. The first-order chi connectivity index (χ1) is 11.5. The molecular weight excluding hydrogens is 315 g/mol. The van der Waals surface area contributed by atoms with E-state index in [4.69, 9.17) is 10.5 Å². The molecule has 2 rings (SSSR count). The summed E-state index contributed by atoms with van der Waals surface area (Å²) in [6.45, 7) is -0.536. The first-order valence-electron chi connectivity index (χ1n) is 7.04. The van der Waals surface area contributed by atoms with Gasteiger partial charge in [-0.05, 0) is 48.5 Å². The number of rotatable bonds is 7. The van der Waals surface area contributed by atoms with Crippen molar-refractivity contribution >= 4 is 17.6 Å². The van der Waals surface area contributed by atoms with Gasteiger partial charge < -0.3 is 15.8 Å². The van der Waals surface area contributed by atoms with Crippen molar-refractivity contribution in [2.24, 2.45) is 5.73 Å². The molecule has 7 heteroatoms. The smallest absolute Gasteiger partial charge is 0.258 e. The monoisotopic (exact) mass is 330 g/mol. The van der Waals surface area contributed by atoms with Crippen LogP contribution in [0.2, 0.25) is 0 Å². The molecule has 0 bridgehead atoms. The molecule has 2 aromatic rings. The van der Waals surface area contributed by atoms with E-state index in [0.717, 1.165) is 0 Å². The Morgan fingerprint density at radius 2 is 1.50 bits per heavy atom. The third kappa shape index (κ3) is 4.91. The molecule has 2 amide bonds. The van der Waals surface area contributed by atoms with Crippen LogP contribution < -0.4 is 15.8 Å². The number of ketones is 1. The van der Waals surface area contributed by atoms with Gasteiger partial charge in [-0.3, -0.25) is 14.4 Å². The maximum absolute atomic E-state index is 12.9. The number of carbonyl (C=O) groups is 3. The summed E-state index contributed by atoms with van der Waals surface area (Å²) in [6, 6.07) is 11.4. The molecule has 6 nitrogen and oxygen atoms in total. The predicted octanol–water partition coefficient (Wildman–Crippen LogP) is 1.04. The highest BCUT2D eigenvalue weighted by Crippen LogP contribution is 2.15. The van der Waals surface area contributed by atoms with E-state index >= 15 is 0 Å². The number of amides is 2. The van der Waals surface area contributed by atoms with E-state index in [1.165, 1.54) is 36.4 Å². The Morgan fingerprint density at radius 3 is 2.04 bits per heavy atom. The van der Waals surface area contributed by atoms with E-state index in [-0.39, 0.29) is 18.9 Å². The number of benzene rings is 2. The summed E-state index contributed by atoms with van der Waals surface area (Å²) in [6.07, 6.45) is 0. The molecule has 124 valence electrons. The third-order valence-corrected chi connectivity index (χ3v) is 3.05. The second-order valence-electron chi connectivity index (χ2n) is 4.89. The summed E-state index contributed by atoms with van der Waals surface area (Å²) in [7, 11) is 0. The normalized spacial score (nSPS) is 10.0. The first-order valence-corrected chi connectivity index (χ1v) is 7.04. The van der Waals surface area contributed by atoms with Crippen molar-refractivity contribution < 1.29 is 23.5 Å². The van der Waals surface area contributed by atoms with E-state index in [0.29, 0.717) is 16.9 Å². The van der Waals surface area contributed by atoms with Crippen LogP contribution in [-0.2, 0) is 9.59 Å². The van der Waals surface area contributed by atoms with Gasteiger partial charge in [0.25, 0.3) is 5.91 Å². The molecule has 0 fully saturated rings. The van der Waals surface area contributed by atoms with Crippen LogP contribution in [0.4, 0.5) is 4.39 Å². The van der Waals surface area contributed by atoms with E-state index in [1.54, 1.807) is 12.1 Å². The Kier molecular flexibility index (Phi) is 5.62. The summed E-state index contributed by atoms with van der Waals surface area (Å²) in [5.41, 5.74) is 5.68. The molecule has 0 heterocycles. The standard InChI is InChI=1S/C17H15FN2O4/c18-13-5-1-11(2-6-13)17(23)12-3-7-14(8-4-12)24-10-16(22)20-9-15(19)21/h1-8H,9-10H2,(H2,19,21)(H,20,22). The van der Waals surface area contributed by atoms with Gasteiger partial charge >= 0.3 is 0 Å². The second-order valence-corrected chi connectivity index (χ2v) is 4.89. The largest absolute Gasteiger partial charge is 0.484 e. The third-order valence-electron chi connectivity index (χ3n) is 3.05. The Bertz CT molecular complexity index is 742. The van der Waals surface area contributed by atoms with Crippen LogP contribution in [0, 0.1) is 5.82 Å². The molecule has 0 atom stereocenters.